The normalized spacial score (nSPS) is 11.4. The lowest BCUT2D eigenvalue weighted by atomic mass is 10.0. The Morgan fingerprint density at radius 2 is 1.73 bits per heavy atom. The number of rotatable bonds is 19. The van der Waals surface area contributed by atoms with Gasteiger partial charge in [0.15, 0.2) is 5.75 Å². The SMILES string of the molecule is Cn1ncc(OCCOCCOCCOCCN=[N+]=[N-])c(-c2ccc(C[C@H](NC(=O)c3cccnc3Cl)C(=O)O)cc2)c1=O. The molecule has 3 rings (SSSR count). The van der Waals surface area contributed by atoms with Crippen LogP contribution in [0.15, 0.2) is 58.7 Å². The number of carboxylic acid groups (broad SMARTS) is 1. The van der Waals surface area contributed by atoms with E-state index in [-0.39, 0.29) is 53.8 Å². The van der Waals surface area contributed by atoms with E-state index in [0.717, 1.165) is 0 Å². The Morgan fingerprint density at radius 1 is 1.07 bits per heavy atom. The van der Waals surface area contributed by atoms with E-state index in [2.05, 4.69) is 25.4 Å². The number of pyridine rings is 1. The van der Waals surface area contributed by atoms with Crippen molar-refractivity contribution in [3.63, 3.8) is 0 Å². The fourth-order valence-electron chi connectivity index (χ4n) is 3.84. The number of aryl methyl sites for hydroxylation is 1. The molecule has 2 N–H and O–H groups in total. The highest BCUT2D eigenvalue weighted by atomic mass is 35.5. The number of azide groups is 1. The van der Waals surface area contributed by atoms with Gasteiger partial charge in [-0.25, -0.2) is 14.5 Å². The number of nitrogens with zero attached hydrogens (tertiary/aromatic N) is 6. The highest BCUT2D eigenvalue weighted by Crippen LogP contribution is 2.26. The number of amides is 1. The van der Waals surface area contributed by atoms with Crippen molar-refractivity contribution in [2.75, 3.05) is 52.8 Å². The second kappa shape index (κ2) is 18.2. The van der Waals surface area contributed by atoms with Crippen LogP contribution in [-0.4, -0.2) is 90.6 Å². The summed E-state index contributed by atoms with van der Waals surface area (Å²) in [5.74, 6) is -1.61. The first-order chi connectivity index (χ1) is 21.3. The molecule has 1 aromatic carbocycles. The van der Waals surface area contributed by atoms with Gasteiger partial charge in [-0.05, 0) is 28.8 Å². The van der Waals surface area contributed by atoms with Crippen molar-refractivity contribution in [1.29, 1.82) is 0 Å². The summed E-state index contributed by atoms with van der Waals surface area (Å²) in [5, 5.41) is 19.5. The van der Waals surface area contributed by atoms with Crippen LogP contribution in [0.2, 0.25) is 5.15 Å². The molecule has 2 heterocycles. The topological polar surface area (TPSA) is 200 Å². The number of ether oxygens (including phenoxy) is 4. The molecule has 0 aliphatic carbocycles. The van der Waals surface area contributed by atoms with Crippen LogP contribution >= 0.6 is 11.6 Å². The largest absolute Gasteiger partial charge is 0.489 e. The molecule has 0 radical (unpaired) electrons. The predicted octanol–water partition coefficient (Wildman–Crippen LogP) is 2.66. The molecule has 0 bridgehead atoms. The van der Waals surface area contributed by atoms with Crippen LogP contribution in [0.5, 0.6) is 5.75 Å². The van der Waals surface area contributed by atoms with Crippen molar-refractivity contribution in [2.24, 2.45) is 12.2 Å². The van der Waals surface area contributed by atoms with Gasteiger partial charge in [0.25, 0.3) is 11.5 Å². The summed E-state index contributed by atoms with van der Waals surface area (Å²) in [6.07, 6.45) is 2.85. The summed E-state index contributed by atoms with van der Waals surface area (Å²) in [5.41, 5.74) is 9.32. The third kappa shape index (κ3) is 10.6. The number of hydrogen-bond acceptors (Lipinski definition) is 10. The number of nitrogens with one attached hydrogen (secondary N) is 1. The molecule has 1 atom stereocenters. The maximum absolute atomic E-state index is 13.0. The van der Waals surface area contributed by atoms with Crippen LogP contribution < -0.4 is 15.6 Å². The number of carbonyl (C=O) groups is 2. The minimum Gasteiger partial charge on any atom is -0.489 e. The summed E-state index contributed by atoms with van der Waals surface area (Å²) in [7, 11) is 1.52. The lowest BCUT2D eigenvalue weighted by molar-refractivity contribution is -0.139. The fourth-order valence-corrected chi connectivity index (χ4v) is 4.04. The zero-order valence-electron chi connectivity index (χ0n) is 23.9. The van der Waals surface area contributed by atoms with Gasteiger partial charge in [0.1, 0.15) is 17.8 Å². The van der Waals surface area contributed by atoms with Gasteiger partial charge in [0, 0.05) is 31.1 Å². The van der Waals surface area contributed by atoms with Crippen molar-refractivity contribution in [3.8, 4) is 16.9 Å². The lowest BCUT2D eigenvalue weighted by Crippen LogP contribution is -2.42. The first kappa shape index (κ1) is 34.0. The Hall–Kier alpha value is -4.53. The van der Waals surface area contributed by atoms with Gasteiger partial charge in [-0.1, -0.05) is 41.0 Å². The number of benzene rings is 1. The molecule has 0 aliphatic rings. The third-order valence-corrected chi connectivity index (χ3v) is 6.32. The van der Waals surface area contributed by atoms with Crippen molar-refractivity contribution in [2.45, 2.75) is 12.5 Å². The maximum Gasteiger partial charge on any atom is 0.326 e. The molecule has 1 amide bonds. The first-order valence-electron chi connectivity index (χ1n) is 13.5. The monoisotopic (exact) mass is 629 g/mol. The molecule has 0 saturated heterocycles. The van der Waals surface area contributed by atoms with E-state index in [1.54, 1.807) is 24.3 Å². The first-order valence-corrected chi connectivity index (χ1v) is 13.9. The van der Waals surface area contributed by atoms with Crippen LogP contribution in [0, 0.1) is 0 Å². The minimum absolute atomic E-state index is 0.0115. The van der Waals surface area contributed by atoms with Gasteiger partial charge in [0.05, 0.1) is 57.0 Å². The number of hydrogen-bond donors (Lipinski definition) is 2. The van der Waals surface area contributed by atoms with Gasteiger partial charge >= 0.3 is 5.97 Å². The highest BCUT2D eigenvalue weighted by molar-refractivity contribution is 6.32. The van der Waals surface area contributed by atoms with Crippen LogP contribution in [0.25, 0.3) is 21.6 Å². The Kier molecular flexibility index (Phi) is 14.1. The molecule has 2 aromatic heterocycles. The van der Waals surface area contributed by atoms with Crippen molar-refractivity contribution in [1.82, 2.24) is 20.1 Å². The van der Waals surface area contributed by atoms with Crippen molar-refractivity contribution in [3.05, 3.63) is 85.9 Å². The van der Waals surface area contributed by atoms with E-state index in [4.69, 9.17) is 36.1 Å². The molecule has 44 heavy (non-hydrogen) atoms. The second-order valence-corrected chi connectivity index (χ2v) is 9.42. The maximum atomic E-state index is 13.0. The molecule has 0 aliphatic heterocycles. The fraction of sp³-hybridized carbons (Fsp3) is 0.393. The Balaban J connectivity index is 1.53. The third-order valence-electron chi connectivity index (χ3n) is 6.02. The summed E-state index contributed by atoms with van der Waals surface area (Å²) >= 11 is 5.96. The van der Waals surface area contributed by atoms with E-state index in [1.807, 2.05) is 0 Å². The standard InChI is InChI=1S/C28H32ClN7O8/c1-36-27(38)24(23(18-33-36)44-16-15-43-14-13-42-12-11-41-10-9-32-35-30)20-6-4-19(5-7-20)17-22(28(39)40)34-26(37)21-3-2-8-31-25(21)29/h2-8,18,22H,9-17H2,1H3,(H,34,37)(H,39,40)/t22-/m0/s1. The van der Waals surface area contributed by atoms with Crippen molar-refractivity contribution < 1.29 is 33.6 Å². The van der Waals surface area contributed by atoms with Crippen LogP contribution in [-0.2, 0) is 32.5 Å². The van der Waals surface area contributed by atoms with Gasteiger partial charge in [-0.2, -0.15) is 5.10 Å². The number of aliphatic carboxylic acids is 1. The highest BCUT2D eigenvalue weighted by Gasteiger charge is 2.23. The average Bonchev–Trinajstić information content (AvgIpc) is 3.01. The van der Waals surface area contributed by atoms with E-state index in [9.17, 15) is 19.5 Å². The van der Waals surface area contributed by atoms with Gasteiger partial charge < -0.3 is 29.4 Å². The summed E-state index contributed by atoms with van der Waals surface area (Å²) in [6.45, 7) is 2.45. The molecule has 16 heteroatoms. The molecule has 234 valence electrons. The molecule has 15 nitrogen and oxygen atoms in total. The second-order valence-electron chi connectivity index (χ2n) is 9.06. The molecule has 0 unspecified atom stereocenters. The van der Waals surface area contributed by atoms with E-state index >= 15 is 0 Å². The molecular formula is C28H32ClN7O8. The molecular weight excluding hydrogens is 598 g/mol. The summed E-state index contributed by atoms with van der Waals surface area (Å²) in [4.78, 5) is 43.9. The summed E-state index contributed by atoms with van der Waals surface area (Å²) in [6, 6.07) is 8.44. The molecule has 0 spiro atoms. The quantitative estimate of drug-likeness (QED) is 0.0653. The van der Waals surface area contributed by atoms with Crippen LogP contribution in [0.1, 0.15) is 15.9 Å². The van der Waals surface area contributed by atoms with E-state index in [0.29, 0.717) is 44.2 Å². The minimum atomic E-state index is -1.23. The molecule has 3 aromatic rings. The number of aromatic nitrogens is 3. The van der Waals surface area contributed by atoms with Gasteiger partial charge in [0.2, 0.25) is 0 Å². The van der Waals surface area contributed by atoms with E-state index < -0.39 is 17.9 Å². The number of carbonyl (C=O) groups excluding carboxylic acids is 1. The van der Waals surface area contributed by atoms with Crippen LogP contribution in [0.3, 0.4) is 0 Å². The Morgan fingerprint density at radius 3 is 2.36 bits per heavy atom. The molecule has 0 fully saturated rings. The van der Waals surface area contributed by atoms with E-state index in [1.165, 1.54) is 36.3 Å². The Bertz CT molecular complexity index is 1500. The Labute approximate surface area is 257 Å². The number of halogens is 1. The lowest BCUT2D eigenvalue weighted by Gasteiger charge is -2.16. The van der Waals surface area contributed by atoms with Crippen LogP contribution in [0.4, 0.5) is 0 Å². The smallest absolute Gasteiger partial charge is 0.326 e. The zero-order chi connectivity index (χ0) is 31.7. The number of carboxylic acids is 1. The predicted molar refractivity (Wildman–Crippen MR) is 159 cm³/mol. The molecule has 0 saturated carbocycles. The van der Waals surface area contributed by atoms with Gasteiger partial charge in [-0.15, -0.1) is 0 Å². The summed E-state index contributed by atoms with van der Waals surface area (Å²) < 4.78 is 23.1. The van der Waals surface area contributed by atoms with Crippen molar-refractivity contribution >= 4 is 23.5 Å². The zero-order valence-corrected chi connectivity index (χ0v) is 24.7. The van der Waals surface area contributed by atoms with Gasteiger partial charge in [-0.3, -0.25) is 9.59 Å². The average molecular weight is 630 g/mol.